The normalized spacial score (nSPS) is 25.7. The summed E-state index contributed by atoms with van der Waals surface area (Å²) in [6, 6.07) is 0.399. The molecule has 1 aliphatic heterocycles. The predicted octanol–water partition coefficient (Wildman–Crippen LogP) is 3.44. The molecule has 2 fully saturated rings. The Morgan fingerprint density at radius 2 is 1.67 bits per heavy atom. The summed E-state index contributed by atoms with van der Waals surface area (Å²) in [5.74, 6) is 1.82. The fraction of sp³-hybridized carbons (Fsp3) is 1.00. The van der Waals surface area contributed by atoms with E-state index in [0.29, 0.717) is 6.04 Å². The number of rotatable bonds is 4. The molecule has 0 amide bonds. The molecular formula is C15H31ClN2. The van der Waals surface area contributed by atoms with Crippen LogP contribution in [0.2, 0.25) is 0 Å². The Labute approximate surface area is 119 Å². The molecule has 2 rings (SSSR count). The van der Waals surface area contributed by atoms with Crippen LogP contribution in [0.1, 0.15) is 58.3 Å². The zero-order valence-electron chi connectivity index (χ0n) is 11.9. The van der Waals surface area contributed by atoms with Crippen LogP contribution in [0, 0.1) is 11.8 Å². The molecule has 3 heteroatoms. The molecule has 1 unspecified atom stereocenters. The molecule has 0 bridgehead atoms. The van der Waals surface area contributed by atoms with Crippen LogP contribution < -0.4 is 5.73 Å². The van der Waals surface area contributed by atoms with Gasteiger partial charge in [0.1, 0.15) is 0 Å². The topological polar surface area (TPSA) is 29.3 Å². The lowest BCUT2D eigenvalue weighted by molar-refractivity contribution is 0.157. The highest BCUT2D eigenvalue weighted by atomic mass is 35.5. The highest BCUT2D eigenvalue weighted by Crippen LogP contribution is 2.27. The number of nitrogens with zero attached hydrogens (tertiary/aromatic N) is 1. The second-order valence-corrected chi connectivity index (χ2v) is 6.33. The Bertz CT molecular complexity index is 207. The predicted molar refractivity (Wildman–Crippen MR) is 81.3 cm³/mol. The summed E-state index contributed by atoms with van der Waals surface area (Å²) in [5.41, 5.74) is 5.98. The van der Waals surface area contributed by atoms with Gasteiger partial charge in [0.15, 0.2) is 0 Å². The van der Waals surface area contributed by atoms with Crippen LogP contribution >= 0.6 is 12.4 Å². The van der Waals surface area contributed by atoms with E-state index in [0.717, 1.165) is 11.8 Å². The molecule has 2 aliphatic rings. The maximum Gasteiger partial charge on any atom is 0.00397 e. The summed E-state index contributed by atoms with van der Waals surface area (Å²) in [6.07, 6.45) is 11.5. The number of halogens is 1. The molecular weight excluding hydrogens is 244 g/mol. The third-order valence-electron chi connectivity index (χ3n) is 4.95. The molecule has 2 N–H and O–H groups in total. The summed E-state index contributed by atoms with van der Waals surface area (Å²) < 4.78 is 0. The number of nitrogens with two attached hydrogens (primary N) is 1. The van der Waals surface area contributed by atoms with Crippen molar-refractivity contribution < 1.29 is 0 Å². The van der Waals surface area contributed by atoms with Crippen LogP contribution in [0.5, 0.6) is 0 Å². The van der Waals surface area contributed by atoms with E-state index in [1.807, 2.05) is 0 Å². The largest absolute Gasteiger partial charge is 0.328 e. The minimum absolute atomic E-state index is 0. The molecule has 0 radical (unpaired) electrons. The molecule has 2 nitrogen and oxygen atoms in total. The summed E-state index contributed by atoms with van der Waals surface area (Å²) in [5, 5.41) is 0. The maximum absolute atomic E-state index is 5.98. The van der Waals surface area contributed by atoms with Crippen LogP contribution in [0.4, 0.5) is 0 Å². The maximum atomic E-state index is 5.98. The second-order valence-electron chi connectivity index (χ2n) is 6.33. The quantitative estimate of drug-likeness (QED) is 0.851. The van der Waals surface area contributed by atoms with Crippen molar-refractivity contribution in [1.82, 2.24) is 4.90 Å². The molecule has 1 atom stereocenters. The van der Waals surface area contributed by atoms with Crippen LogP contribution in [-0.2, 0) is 0 Å². The average molecular weight is 275 g/mol. The van der Waals surface area contributed by atoms with Gasteiger partial charge in [0.2, 0.25) is 0 Å². The lowest BCUT2D eigenvalue weighted by Crippen LogP contribution is -2.40. The van der Waals surface area contributed by atoms with Crippen molar-refractivity contribution in [2.75, 3.05) is 19.6 Å². The number of piperidine rings is 1. The van der Waals surface area contributed by atoms with Crippen molar-refractivity contribution in [2.24, 2.45) is 17.6 Å². The Morgan fingerprint density at radius 1 is 1.06 bits per heavy atom. The minimum Gasteiger partial charge on any atom is -0.328 e. The van der Waals surface area contributed by atoms with Crippen molar-refractivity contribution in [3.05, 3.63) is 0 Å². The van der Waals surface area contributed by atoms with E-state index in [2.05, 4.69) is 11.8 Å². The van der Waals surface area contributed by atoms with E-state index in [1.54, 1.807) is 0 Å². The fourth-order valence-corrected chi connectivity index (χ4v) is 3.54. The van der Waals surface area contributed by atoms with Crippen molar-refractivity contribution in [3.63, 3.8) is 0 Å². The van der Waals surface area contributed by atoms with E-state index >= 15 is 0 Å². The first-order valence-electron chi connectivity index (χ1n) is 7.73. The summed E-state index contributed by atoms with van der Waals surface area (Å²) in [4.78, 5) is 2.67. The molecule has 0 spiro atoms. The monoisotopic (exact) mass is 274 g/mol. The standard InChI is InChI=1S/C15H30N2.ClH/c1-13(16)15-8-11-17(12-9-15)10-7-14-5-3-2-4-6-14;/h13-15H,2-12,16H2,1H3;1H. The van der Waals surface area contributed by atoms with Gasteiger partial charge in [-0.05, 0) is 57.7 Å². The van der Waals surface area contributed by atoms with Crippen molar-refractivity contribution in [2.45, 2.75) is 64.3 Å². The van der Waals surface area contributed by atoms with Crippen molar-refractivity contribution >= 4 is 12.4 Å². The van der Waals surface area contributed by atoms with Gasteiger partial charge in [-0.1, -0.05) is 32.1 Å². The lowest BCUT2D eigenvalue weighted by atomic mass is 9.86. The molecule has 0 aromatic carbocycles. The molecule has 18 heavy (non-hydrogen) atoms. The Morgan fingerprint density at radius 3 is 2.22 bits per heavy atom. The summed E-state index contributed by atoms with van der Waals surface area (Å²) >= 11 is 0. The molecule has 0 aromatic rings. The third kappa shape index (κ3) is 5.07. The Hall–Kier alpha value is 0.210. The first kappa shape index (κ1) is 16.3. The van der Waals surface area contributed by atoms with Gasteiger partial charge in [0.25, 0.3) is 0 Å². The van der Waals surface area contributed by atoms with Gasteiger partial charge in [-0.25, -0.2) is 0 Å². The van der Waals surface area contributed by atoms with Gasteiger partial charge in [-0.15, -0.1) is 12.4 Å². The SMILES string of the molecule is CC(N)C1CCN(CCC2CCCCC2)CC1.Cl. The van der Waals surface area contributed by atoms with Gasteiger partial charge >= 0.3 is 0 Å². The molecule has 1 saturated heterocycles. The lowest BCUT2D eigenvalue weighted by Gasteiger charge is -2.34. The van der Waals surface area contributed by atoms with Gasteiger partial charge in [0, 0.05) is 6.04 Å². The Kier molecular flexibility index (Phi) is 7.59. The smallest absolute Gasteiger partial charge is 0.00397 e. The number of hydrogen-bond acceptors (Lipinski definition) is 2. The van der Waals surface area contributed by atoms with E-state index in [-0.39, 0.29) is 12.4 Å². The third-order valence-corrected chi connectivity index (χ3v) is 4.95. The van der Waals surface area contributed by atoms with E-state index in [4.69, 9.17) is 5.73 Å². The first-order valence-corrected chi connectivity index (χ1v) is 7.73. The van der Waals surface area contributed by atoms with Crippen molar-refractivity contribution in [1.29, 1.82) is 0 Å². The molecule has 1 heterocycles. The van der Waals surface area contributed by atoms with Gasteiger partial charge in [-0.2, -0.15) is 0 Å². The molecule has 1 saturated carbocycles. The zero-order valence-corrected chi connectivity index (χ0v) is 12.8. The van der Waals surface area contributed by atoms with Crippen LogP contribution in [0.25, 0.3) is 0 Å². The summed E-state index contributed by atoms with van der Waals surface area (Å²) in [7, 11) is 0. The zero-order chi connectivity index (χ0) is 12.1. The second kappa shape index (κ2) is 8.39. The van der Waals surface area contributed by atoms with E-state index in [1.165, 1.54) is 71.0 Å². The highest BCUT2D eigenvalue weighted by molar-refractivity contribution is 5.85. The van der Waals surface area contributed by atoms with Gasteiger partial charge in [0.05, 0.1) is 0 Å². The fourth-order valence-electron chi connectivity index (χ4n) is 3.54. The minimum atomic E-state index is 0. The van der Waals surface area contributed by atoms with Crippen LogP contribution in [0.15, 0.2) is 0 Å². The van der Waals surface area contributed by atoms with Gasteiger partial charge < -0.3 is 10.6 Å². The van der Waals surface area contributed by atoms with Crippen molar-refractivity contribution in [3.8, 4) is 0 Å². The molecule has 108 valence electrons. The molecule has 1 aliphatic carbocycles. The average Bonchev–Trinajstić information content (AvgIpc) is 2.38. The van der Waals surface area contributed by atoms with E-state index < -0.39 is 0 Å². The van der Waals surface area contributed by atoms with Gasteiger partial charge in [-0.3, -0.25) is 0 Å². The summed E-state index contributed by atoms with van der Waals surface area (Å²) in [6.45, 7) is 6.09. The van der Waals surface area contributed by atoms with E-state index in [9.17, 15) is 0 Å². The highest BCUT2D eigenvalue weighted by Gasteiger charge is 2.22. The van der Waals surface area contributed by atoms with Crippen LogP contribution in [-0.4, -0.2) is 30.6 Å². The van der Waals surface area contributed by atoms with Crippen LogP contribution in [0.3, 0.4) is 0 Å². The first-order chi connectivity index (χ1) is 8.25. The number of likely N-dealkylation sites (tertiary alicyclic amines) is 1. The number of hydrogen-bond donors (Lipinski definition) is 1. The Balaban J connectivity index is 0.00000162. The molecule has 0 aromatic heterocycles.